The van der Waals surface area contributed by atoms with Crippen molar-refractivity contribution in [2.24, 2.45) is 0 Å². The molecule has 0 saturated heterocycles. The highest BCUT2D eigenvalue weighted by atomic mass is 32.2. The Labute approximate surface area is 249 Å². The number of hydrogen-bond donors (Lipinski definition) is 1. The van der Waals surface area contributed by atoms with Gasteiger partial charge in [0.2, 0.25) is 15.9 Å². The first-order chi connectivity index (χ1) is 20.5. The maximum absolute atomic E-state index is 13.8. The maximum Gasteiger partial charge on any atom is 0.416 e. The second kappa shape index (κ2) is 13.5. The zero-order chi connectivity index (χ0) is 31.2. The van der Waals surface area contributed by atoms with E-state index in [2.05, 4.69) is 4.98 Å². The monoisotopic (exact) mass is 617 g/mol. The van der Waals surface area contributed by atoms with Gasteiger partial charge in [-0.3, -0.25) is 4.79 Å². The first-order valence-electron chi connectivity index (χ1n) is 13.7. The van der Waals surface area contributed by atoms with Gasteiger partial charge in [0.05, 0.1) is 31.2 Å². The lowest BCUT2D eigenvalue weighted by Gasteiger charge is -2.28. The van der Waals surface area contributed by atoms with E-state index < -0.39 is 39.1 Å². The predicted molar refractivity (Wildman–Crippen MR) is 157 cm³/mol. The number of methoxy groups -OCH3 is 2. The van der Waals surface area contributed by atoms with Gasteiger partial charge in [-0.05, 0) is 60.4 Å². The highest BCUT2D eigenvalue weighted by Crippen LogP contribution is 2.32. The quantitative estimate of drug-likeness (QED) is 0.203. The molecule has 1 heterocycles. The van der Waals surface area contributed by atoms with E-state index in [1.807, 2.05) is 30.5 Å². The zero-order valence-electron chi connectivity index (χ0n) is 24.1. The fourth-order valence-electron chi connectivity index (χ4n) is 4.85. The van der Waals surface area contributed by atoms with E-state index in [4.69, 9.17) is 9.47 Å². The van der Waals surface area contributed by atoms with Crippen LogP contribution in [0.5, 0.6) is 11.5 Å². The molecule has 0 unspecified atom stereocenters. The largest absolute Gasteiger partial charge is 0.493 e. The number of H-pyrrole nitrogens is 1. The van der Waals surface area contributed by atoms with E-state index in [9.17, 15) is 26.4 Å². The van der Waals surface area contributed by atoms with Gasteiger partial charge >= 0.3 is 6.18 Å². The fraction of sp³-hybridized carbons (Fsp3) is 0.323. The number of ether oxygens (including phenoxy) is 2. The van der Waals surface area contributed by atoms with Crippen molar-refractivity contribution in [3.63, 3.8) is 0 Å². The molecule has 0 aliphatic rings. The van der Waals surface area contributed by atoms with Gasteiger partial charge in [-0.2, -0.15) is 17.5 Å². The number of fused-ring (bicyclic) bond motifs is 1. The third-order valence-electron chi connectivity index (χ3n) is 7.08. The lowest BCUT2D eigenvalue weighted by Crippen LogP contribution is -2.43. The summed E-state index contributed by atoms with van der Waals surface area (Å²) in [6.07, 6.45) is -1.99. The molecule has 43 heavy (non-hydrogen) atoms. The number of aromatic nitrogens is 1. The summed E-state index contributed by atoms with van der Waals surface area (Å²) in [4.78, 5) is 18.1. The van der Waals surface area contributed by atoms with E-state index in [0.29, 0.717) is 30.4 Å². The van der Waals surface area contributed by atoms with Crippen LogP contribution < -0.4 is 9.47 Å². The Balaban J connectivity index is 1.63. The molecule has 4 rings (SSSR count). The number of aromatic amines is 1. The summed E-state index contributed by atoms with van der Waals surface area (Å²) in [7, 11) is -1.39. The molecular weight excluding hydrogens is 583 g/mol. The van der Waals surface area contributed by atoms with Crippen LogP contribution >= 0.6 is 0 Å². The molecule has 0 radical (unpaired) electrons. The third kappa shape index (κ3) is 7.49. The van der Waals surface area contributed by atoms with Gasteiger partial charge in [-0.1, -0.05) is 37.3 Å². The van der Waals surface area contributed by atoms with Crippen LogP contribution in [0.2, 0.25) is 0 Å². The van der Waals surface area contributed by atoms with Crippen LogP contribution in [0.4, 0.5) is 13.2 Å². The topological polar surface area (TPSA) is 91.9 Å². The van der Waals surface area contributed by atoms with Crippen LogP contribution in [0.3, 0.4) is 0 Å². The SMILES string of the molecule is CCCN(CC(=O)N(CCc1c[nH]c2ccccc12)Cc1ccc(OC)c(OC)c1)S(=O)(=O)c1cccc(C(F)(F)F)c1. The van der Waals surface area contributed by atoms with Crippen LogP contribution in [0.1, 0.15) is 30.0 Å². The summed E-state index contributed by atoms with van der Waals surface area (Å²) in [5.74, 6) is 0.506. The number of nitrogens with one attached hydrogen (secondary N) is 1. The summed E-state index contributed by atoms with van der Waals surface area (Å²) in [5, 5.41) is 1.01. The summed E-state index contributed by atoms with van der Waals surface area (Å²) >= 11 is 0. The number of rotatable bonds is 13. The highest BCUT2D eigenvalue weighted by Gasteiger charge is 2.34. The van der Waals surface area contributed by atoms with Crippen molar-refractivity contribution >= 4 is 26.8 Å². The number of benzene rings is 3. The van der Waals surface area contributed by atoms with Crippen molar-refractivity contribution in [1.82, 2.24) is 14.2 Å². The number of para-hydroxylation sites is 1. The van der Waals surface area contributed by atoms with Gasteiger partial charge < -0.3 is 19.4 Å². The summed E-state index contributed by atoms with van der Waals surface area (Å²) < 4.78 is 78.7. The zero-order valence-corrected chi connectivity index (χ0v) is 25.0. The Bertz CT molecular complexity index is 1670. The third-order valence-corrected chi connectivity index (χ3v) is 8.92. The fourth-order valence-corrected chi connectivity index (χ4v) is 6.38. The molecule has 0 atom stereocenters. The summed E-state index contributed by atoms with van der Waals surface area (Å²) in [6.45, 7) is 1.56. The Kier molecular flexibility index (Phi) is 10.0. The van der Waals surface area contributed by atoms with Gasteiger partial charge in [-0.15, -0.1) is 0 Å². The van der Waals surface area contributed by atoms with Crippen LogP contribution in [-0.4, -0.2) is 62.4 Å². The number of sulfonamides is 1. The summed E-state index contributed by atoms with van der Waals surface area (Å²) in [5.41, 5.74) is 1.59. The molecule has 230 valence electrons. The van der Waals surface area contributed by atoms with Gasteiger partial charge in [-0.25, -0.2) is 8.42 Å². The molecule has 0 bridgehead atoms. The molecular formula is C31H34F3N3O5S. The smallest absolute Gasteiger partial charge is 0.416 e. The molecule has 1 amide bonds. The second-order valence-corrected chi connectivity index (χ2v) is 11.9. The van der Waals surface area contributed by atoms with Crippen molar-refractivity contribution in [3.8, 4) is 11.5 Å². The molecule has 0 aliphatic carbocycles. The Hall–Kier alpha value is -4.03. The molecule has 0 fully saturated rings. The minimum atomic E-state index is -4.71. The molecule has 0 spiro atoms. The van der Waals surface area contributed by atoms with Crippen LogP contribution in [-0.2, 0) is 34.0 Å². The van der Waals surface area contributed by atoms with Crippen LogP contribution in [0, 0.1) is 0 Å². The number of carbonyl (C=O) groups excluding carboxylic acids is 1. The number of amides is 1. The van der Waals surface area contributed by atoms with Gasteiger partial charge in [0.25, 0.3) is 0 Å². The molecule has 1 N–H and O–H groups in total. The number of alkyl halides is 3. The molecule has 4 aromatic rings. The lowest BCUT2D eigenvalue weighted by atomic mass is 10.1. The minimum Gasteiger partial charge on any atom is -0.493 e. The molecule has 0 saturated carbocycles. The van der Waals surface area contributed by atoms with Gasteiger partial charge in [0.1, 0.15) is 0 Å². The van der Waals surface area contributed by atoms with Crippen molar-refractivity contribution in [2.45, 2.75) is 37.4 Å². The van der Waals surface area contributed by atoms with Crippen molar-refractivity contribution in [1.29, 1.82) is 0 Å². The molecule has 0 aliphatic heterocycles. The highest BCUT2D eigenvalue weighted by molar-refractivity contribution is 7.89. The average Bonchev–Trinajstić information content (AvgIpc) is 3.41. The summed E-state index contributed by atoms with van der Waals surface area (Å²) in [6, 6.07) is 16.6. The van der Waals surface area contributed by atoms with E-state index in [1.165, 1.54) is 14.2 Å². The molecule has 1 aromatic heterocycles. The van der Waals surface area contributed by atoms with Crippen molar-refractivity contribution in [3.05, 3.63) is 89.6 Å². The second-order valence-electron chi connectivity index (χ2n) is 9.98. The minimum absolute atomic E-state index is 0.0447. The Morgan fingerprint density at radius 2 is 1.67 bits per heavy atom. The first kappa shape index (κ1) is 31.9. The average molecular weight is 618 g/mol. The number of carbonyl (C=O) groups is 1. The first-order valence-corrected chi connectivity index (χ1v) is 15.1. The predicted octanol–water partition coefficient (Wildman–Crippen LogP) is 5.88. The van der Waals surface area contributed by atoms with Gasteiger partial charge in [0.15, 0.2) is 11.5 Å². The number of halogens is 3. The molecule has 8 nitrogen and oxygen atoms in total. The van der Waals surface area contributed by atoms with Crippen molar-refractivity contribution < 1.29 is 35.9 Å². The molecule has 12 heteroatoms. The lowest BCUT2D eigenvalue weighted by molar-refractivity contribution is -0.137. The maximum atomic E-state index is 13.8. The Morgan fingerprint density at radius 3 is 2.37 bits per heavy atom. The standard InChI is InChI=1S/C31H34F3N3O5S/c1-4-15-37(43(39,40)25-9-7-8-24(18-25)31(32,33)34)21-30(38)36(20-22-12-13-28(41-2)29(17-22)42-3)16-14-23-19-35-27-11-6-5-10-26(23)27/h5-13,17-19,35H,4,14-16,20-21H2,1-3H3. The van der Waals surface area contributed by atoms with Crippen LogP contribution in [0.15, 0.2) is 77.8 Å². The Morgan fingerprint density at radius 1 is 0.930 bits per heavy atom. The molecule has 3 aromatic carbocycles. The van der Waals surface area contributed by atoms with Crippen molar-refractivity contribution in [2.75, 3.05) is 33.9 Å². The van der Waals surface area contributed by atoms with E-state index in [1.54, 1.807) is 30.0 Å². The number of nitrogens with zero attached hydrogens (tertiary/aromatic N) is 2. The normalized spacial score (nSPS) is 12.1. The number of hydrogen-bond acceptors (Lipinski definition) is 5. The van der Waals surface area contributed by atoms with Gasteiger partial charge in [0, 0.05) is 36.7 Å². The van der Waals surface area contributed by atoms with E-state index in [-0.39, 0.29) is 19.6 Å². The van der Waals surface area contributed by atoms with E-state index >= 15 is 0 Å². The van der Waals surface area contributed by atoms with Crippen LogP contribution in [0.25, 0.3) is 10.9 Å². The van der Waals surface area contributed by atoms with E-state index in [0.717, 1.165) is 44.5 Å².